The van der Waals surface area contributed by atoms with Gasteiger partial charge >= 0.3 is 11.9 Å². The molecule has 0 aromatic carbocycles. The first kappa shape index (κ1) is 44.1. The van der Waals surface area contributed by atoms with Gasteiger partial charge in [-0.3, -0.25) is 9.59 Å². The molecule has 2 heterocycles. The molecular formula is C45H77NO4. The molecule has 286 valence electrons. The van der Waals surface area contributed by atoms with Crippen molar-refractivity contribution in [2.75, 3.05) is 32.8 Å². The summed E-state index contributed by atoms with van der Waals surface area (Å²) in [5.74, 6) is 1.22. The van der Waals surface area contributed by atoms with Gasteiger partial charge in [0.05, 0.1) is 13.2 Å². The number of likely N-dealkylation sites (tertiary alicyclic amines) is 1. The molecule has 2 atom stereocenters. The fourth-order valence-corrected chi connectivity index (χ4v) is 8.13. The van der Waals surface area contributed by atoms with Gasteiger partial charge in [-0.2, -0.15) is 0 Å². The Hall–Kier alpha value is -2.02. The van der Waals surface area contributed by atoms with E-state index in [2.05, 4.69) is 42.5 Å². The summed E-state index contributed by atoms with van der Waals surface area (Å²) in [5.41, 5.74) is 10.5. The van der Waals surface area contributed by atoms with Gasteiger partial charge in [0.25, 0.3) is 0 Å². The maximum atomic E-state index is 12.7. The zero-order valence-corrected chi connectivity index (χ0v) is 32.9. The van der Waals surface area contributed by atoms with Crippen molar-refractivity contribution in [3.05, 3.63) is 29.3 Å². The second kappa shape index (κ2) is 30.6. The third kappa shape index (κ3) is 22.0. The van der Waals surface area contributed by atoms with E-state index in [1.165, 1.54) is 128 Å². The highest BCUT2D eigenvalue weighted by Crippen LogP contribution is 2.33. The third-order valence-electron chi connectivity index (χ3n) is 11.2. The summed E-state index contributed by atoms with van der Waals surface area (Å²) in [6.07, 6.45) is 31.5. The fraction of sp³-hybridized carbons (Fsp3) is 0.844. The molecule has 2 saturated heterocycles. The van der Waals surface area contributed by atoms with Crippen molar-refractivity contribution in [2.24, 2.45) is 17.8 Å². The van der Waals surface area contributed by atoms with Crippen LogP contribution in [0.25, 0.3) is 0 Å². The lowest BCUT2D eigenvalue weighted by molar-refractivity contribution is -0.144. The molecule has 0 radical (unpaired) electrons. The van der Waals surface area contributed by atoms with Crippen molar-refractivity contribution in [1.82, 2.24) is 4.90 Å². The number of carbonyl (C=O) groups is 2. The van der Waals surface area contributed by atoms with Gasteiger partial charge in [-0.05, 0) is 119 Å². The minimum absolute atomic E-state index is 0.0599. The minimum atomic E-state index is -0.0599. The summed E-state index contributed by atoms with van der Waals surface area (Å²) < 4.78 is 11.7. The van der Waals surface area contributed by atoms with Crippen LogP contribution in [0.4, 0.5) is 0 Å². The number of nitrogens with zero attached hydrogens (tertiary/aromatic N) is 1. The van der Waals surface area contributed by atoms with Crippen LogP contribution in [0.3, 0.4) is 0 Å². The summed E-state index contributed by atoms with van der Waals surface area (Å²) in [5, 5.41) is 0. The van der Waals surface area contributed by atoms with Crippen LogP contribution in [0, 0.1) is 17.8 Å². The third-order valence-corrected chi connectivity index (χ3v) is 11.2. The Labute approximate surface area is 308 Å². The van der Waals surface area contributed by atoms with Crippen molar-refractivity contribution in [3.8, 4) is 0 Å². The number of allylic oxidation sites excluding steroid dienone is 1. The van der Waals surface area contributed by atoms with Crippen LogP contribution in [0.15, 0.2) is 29.3 Å². The molecular weight excluding hydrogens is 618 g/mol. The Bertz CT molecular complexity index is 945. The maximum absolute atomic E-state index is 12.7. The predicted octanol–water partition coefficient (Wildman–Crippen LogP) is 12.2. The molecule has 5 heteroatoms. The van der Waals surface area contributed by atoms with E-state index in [-0.39, 0.29) is 23.8 Å². The normalized spacial score (nSPS) is 24.0. The number of cyclic esters (lactones) is 2. The molecule has 0 bridgehead atoms. The number of ether oxygens (including phenoxy) is 2. The van der Waals surface area contributed by atoms with E-state index in [0.29, 0.717) is 26.1 Å². The van der Waals surface area contributed by atoms with Crippen LogP contribution in [0.2, 0.25) is 0 Å². The van der Waals surface area contributed by atoms with E-state index in [4.69, 9.17) is 9.47 Å². The topological polar surface area (TPSA) is 55.8 Å². The van der Waals surface area contributed by atoms with Crippen LogP contribution in [0.1, 0.15) is 194 Å². The standard InChI is InChI=1S/C45H77NO4/c1-4-7-16-28-41-33-38-49-44(47)31-20-14-10-12-18-25-40(27-24-37-46-35-22-23-36-46)26-19-13-11-15-21-32-45(48)50-39-34-42(29-17-8-5-2)43(41)30-9-6-3/h40-42H,3-5,7-8,10-29,31-39H2,1-2H3. The van der Waals surface area contributed by atoms with E-state index in [0.717, 1.165) is 70.1 Å². The SMILES string of the molecule is C=C=C=C=C1C(CCCCC)CCOC(=O)CCCCCCCC(CCCN2CCCC2)CCCCCCCC(=O)OCCC1CCCCC. The average molecular weight is 696 g/mol. The molecule has 0 N–H and O–H groups in total. The van der Waals surface area contributed by atoms with Crippen molar-refractivity contribution in [2.45, 2.75) is 194 Å². The smallest absolute Gasteiger partial charge is 0.305 e. The van der Waals surface area contributed by atoms with Gasteiger partial charge < -0.3 is 14.4 Å². The number of rotatable bonds is 12. The highest BCUT2D eigenvalue weighted by Gasteiger charge is 2.24. The lowest BCUT2D eigenvalue weighted by Gasteiger charge is -2.26. The van der Waals surface area contributed by atoms with E-state index in [1.807, 2.05) is 0 Å². The Kier molecular flexibility index (Phi) is 27.0. The summed E-state index contributed by atoms with van der Waals surface area (Å²) in [6.45, 7) is 13.0. The molecule has 2 unspecified atom stereocenters. The van der Waals surface area contributed by atoms with Gasteiger partial charge in [-0.1, -0.05) is 128 Å². The van der Waals surface area contributed by atoms with Crippen LogP contribution >= 0.6 is 0 Å². The molecule has 0 aliphatic carbocycles. The van der Waals surface area contributed by atoms with Crippen LogP contribution in [-0.4, -0.2) is 49.7 Å². The molecule has 5 nitrogen and oxygen atoms in total. The van der Waals surface area contributed by atoms with Crippen molar-refractivity contribution < 1.29 is 19.1 Å². The van der Waals surface area contributed by atoms with Crippen LogP contribution in [0.5, 0.6) is 0 Å². The van der Waals surface area contributed by atoms with E-state index in [9.17, 15) is 9.59 Å². The lowest BCUT2D eigenvalue weighted by atomic mass is 9.79. The van der Waals surface area contributed by atoms with Gasteiger partial charge in [0.2, 0.25) is 0 Å². The molecule has 0 spiro atoms. The lowest BCUT2D eigenvalue weighted by Crippen LogP contribution is -2.21. The molecule has 2 aliphatic heterocycles. The molecule has 2 fully saturated rings. The first-order chi connectivity index (χ1) is 24.6. The summed E-state index contributed by atoms with van der Waals surface area (Å²) >= 11 is 0. The first-order valence-corrected chi connectivity index (χ1v) is 21.5. The zero-order valence-electron chi connectivity index (χ0n) is 32.9. The second-order valence-corrected chi connectivity index (χ2v) is 15.5. The van der Waals surface area contributed by atoms with Crippen molar-refractivity contribution in [1.29, 1.82) is 0 Å². The number of unbranched alkanes of at least 4 members (excludes halogenated alkanes) is 4. The van der Waals surface area contributed by atoms with Crippen LogP contribution < -0.4 is 0 Å². The largest absolute Gasteiger partial charge is 0.466 e. The molecule has 0 amide bonds. The van der Waals surface area contributed by atoms with Gasteiger partial charge in [-0.15, -0.1) is 0 Å². The molecule has 0 aromatic rings. The van der Waals surface area contributed by atoms with Gasteiger partial charge in [0.15, 0.2) is 0 Å². The Morgan fingerprint density at radius 3 is 1.62 bits per heavy atom. The average Bonchev–Trinajstić information content (AvgIpc) is 3.63. The minimum Gasteiger partial charge on any atom is -0.466 e. The number of carbonyl (C=O) groups excluding carboxylic acids is 2. The highest BCUT2D eigenvalue weighted by atomic mass is 16.5. The van der Waals surface area contributed by atoms with Gasteiger partial charge in [0.1, 0.15) is 0 Å². The molecule has 0 aromatic heterocycles. The second-order valence-electron chi connectivity index (χ2n) is 15.5. The molecule has 2 aliphatic rings. The van der Waals surface area contributed by atoms with E-state index in [1.54, 1.807) is 0 Å². The molecule has 2 rings (SSSR count). The monoisotopic (exact) mass is 696 g/mol. The summed E-state index contributed by atoms with van der Waals surface area (Å²) in [4.78, 5) is 28.1. The van der Waals surface area contributed by atoms with Crippen molar-refractivity contribution >= 4 is 11.9 Å². The Morgan fingerprint density at radius 2 is 1.12 bits per heavy atom. The first-order valence-electron chi connectivity index (χ1n) is 21.5. The van der Waals surface area contributed by atoms with Crippen LogP contribution in [-0.2, 0) is 19.1 Å². The number of esters is 2. The Morgan fingerprint density at radius 1 is 0.620 bits per heavy atom. The maximum Gasteiger partial charge on any atom is 0.305 e. The predicted molar refractivity (Wildman–Crippen MR) is 209 cm³/mol. The number of hydrogen-bond donors (Lipinski definition) is 0. The van der Waals surface area contributed by atoms with E-state index >= 15 is 0 Å². The molecule has 50 heavy (non-hydrogen) atoms. The quantitative estimate of drug-likeness (QED) is 0.116. The summed E-state index contributed by atoms with van der Waals surface area (Å²) in [7, 11) is 0. The molecule has 0 saturated carbocycles. The Balaban J connectivity index is 2.03. The van der Waals surface area contributed by atoms with E-state index < -0.39 is 0 Å². The van der Waals surface area contributed by atoms with Gasteiger partial charge in [0, 0.05) is 12.8 Å². The summed E-state index contributed by atoms with van der Waals surface area (Å²) in [6, 6.07) is 0. The fourth-order valence-electron chi connectivity index (χ4n) is 8.13. The number of hydrogen-bond acceptors (Lipinski definition) is 5. The van der Waals surface area contributed by atoms with Crippen molar-refractivity contribution in [3.63, 3.8) is 0 Å². The zero-order chi connectivity index (χ0) is 35.9. The van der Waals surface area contributed by atoms with Gasteiger partial charge in [-0.25, -0.2) is 0 Å². The highest BCUT2D eigenvalue weighted by molar-refractivity contribution is 5.69.